The van der Waals surface area contributed by atoms with E-state index in [0.29, 0.717) is 0 Å². The van der Waals surface area contributed by atoms with Crippen molar-refractivity contribution in [3.63, 3.8) is 0 Å². The van der Waals surface area contributed by atoms with Crippen molar-refractivity contribution < 1.29 is 22.7 Å². The Morgan fingerprint density at radius 1 is 1.32 bits per heavy atom. The molecular formula is C12H15F3N2O2. The molecule has 0 atom stereocenters. The van der Waals surface area contributed by atoms with Crippen LogP contribution in [-0.2, 0) is 10.9 Å². The molecule has 0 bridgehead atoms. The van der Waals surface area contributed by atoms with Crippen molar-refractivity contribution in [2.75, 3.05) is 11.9 Å². The normalized spacial score (nSPS) is 12.1. The minimum Gasteiger partial charge on any atom is -0.447 e. The molecule has 0 unspecified atom stereocenters. The standard InChI is InChI=1S/C12H15F3N2O2/c1-11(2,16)7-19-10(18)17-9-6-4-3-5-8(9)12(13,14)15/h3-6H,7,16H2,1-2H3,(H,17,18). The molecule has 0 aliphatic heterocycles. The summed E-state index contributed by atoms with van der Waals surface area (Å²) in [6, 6.07) is 4.65. The number of carbonyl (C=O) groups is 1. The molecule has 1 rings (SSSR count). The Kier molecular flexibility index (Phi) is 4.41. The summed E-state index contributed by atoms with van der Waals surface area (Å²) in [5.74, 6) is 0. The quantitative estimate of drug-likeness (QED) is 0.892. The van der Waals surface area contributed by atoms with Gasteiger partial charge < -0.3 is 10.5 Å². The van der Waals surface area contributed by atoms with Crippen molar-refractivity contribution in [1.29, 1.82) is 0 Å². The van der Waals surface area contributed by atoms with Crippen molar-refractivity contribution in [2.24, 2.45) is 5.73 Å². The van der Waals surface area contributed by atoms with Crippen LogP contribution in [0.4, 0.5) is 23.7 Å². The topological polar surface area (TPSA) is 64.3 Å². The number of halogens is 3. The molecule has 0 fully saturated rings. The van der Waals surface area contributed by atoms with E-state index < -0.39 is 23.4 Å². The minimum absolute atomic E-state index is 0.104. The Labute approximate surface area is 108 Å². The lowest BCUT2D eigenvalue weighted by atomic mass is 10.1. The molecule has 0 radical (unpaired) electrons. The zero-order chi connectivity index (χ0) is 14.7. The largest absolute Gasteiger partial charge is 0.447 e. The van der Waals surface area contributed by atoms with E-state index in [1.165, 1.54) is 12.1 Å². The van der Waals surface area contributed by atoms with Crippen molar-refractivity contribution in [1.82, 2.24) is 0 Å². The second kappa shape index (κ2) is 5.48. The molecule has 3 N–H and O–H groups in total. The third-order valence-electron chi connectivity index (χ3n) is 2.04. The number of anilines is 1. The van der Waals surface area contributed by atoms with E-state index in [-0.39, 0.29) is 12.3 Å². The highest BCUT2D eigenvalue weighted by Gasteiger charge is 2.33. The second-order valence-corrected chi connectivity index (χ2v) is 4.73. The number of hydrogen-bond donors (Lipinski definition) is 2. The first kappa shape index (κ1) is 15.3. The Bertz CT molecular complexity index is 453. The summed E-state index contributed by atoms with van der Waals surface area (Å²) in [5.41, 5.74) is 3.56. The smallest absolute Gasteiger partial charge is 0.418 e. The van der Waals surface area contributed by atoms with E-state index in [1.54, 1.807) is 13.8 Å². The molecule has 1 aromatic carbocycles. The first-order valence-electron chi connectivity index (χ1n) is 5.48. The van der Waals surface area contributed by atoms with Crippen molar-refractivity contribution >= 4 is 11.8 Å². The van der Waals surface area contributed by atoms with Gasteiger partial charge in [0.15, 0.2) is 0 Å². The van der Waals surface area contributed by atoms with Gasteiger partial charge in [0.25, 0.3) is 0 Å². The molecule has 0 saturated heterocycles. The lowest BCUT2D eigenvalue weighted by molar-refractivity contribution is -0.136. The Morgan fingerprint density at radius 3 is 2.42 bits per heavy atom. The molecule has 106 valence electrons. The molecule has 0 saturated carbocycles. The molecule has 1 amide bonds. The first-order chi connectivity index (χ1) is 8.59. The SMILES string of the molecule is CC(C)(N)COC(=O)Nc1ccccc1C(F)(F)F. The number of nitrogens with one attached hydrogen (secondary N) is 1. The summed E-state index contributed by atoms with van der Waals surface area (Å²) in [7, 11) is 0. The van der Waals surface area contributed by atoms with Crippen LogP contribution in [0, 0.1) is 0 Å². The molecule has 7 heteroatoms. The number of alkyl halides is 3. The molecule has 0 aromatic heterocycles. The van der Waals surface area contributed by atoms with Gasteiger partial charge in [0.1, 0.15) is 6.61 Å². The van der Waals surface area contributed by atoms with Gasteiger partial charge in [0.05, 0.1) is 11.3 Å². The van der Waals surface area contributed by atoms with Gasteiger partial charge >= 0.3 is 12.3 Å². The number of carbonyl (C=O) groups excluding carboxylic acids is 1. The number of rotatable bonds is 3. The van der Waals surface area contributed by atoms with Gasteiger partial charge in [-0.1, -0.05) is 12.1 Å². The Hall–Kier alpha value is -1.76. The fraction of sp³-hybridized carbons (Fsp3) is 0.417. The summed E-state index contributed by atoms with van der Waals surface area (Å²) in [6.45, 7) is 3.15. The van der Waals surface area contributed by atoms with E-state index in [9.17, 15) is 18.0 Å². The number of para-hydroxylation sites is 1. The molecule has 4 nitrogen and oxygen atoms in total. The molecule has 0 heterocycles. The van der Waals surface area contributed by atoms with Crippen molar-refractivity contribution in [3.05, 3.63) is 29.8 Å². The highest BCUT2D eigenvalue weighted by atomic mass is 19.4. The van der Waals surface area contributed by atoms with E-state index >= 15 is 0 Å². The lowest BCUT2D eigenvalue weighted by Gasteiger charge is -2.19. The Morgan fingerprint density at radius 2 is 1.89 bits per heavy atom. The van der Waals surface area contributed by atoms with E-state index in [0.717, 1.165) is 12.1 Å². The maximum absolute atomic E-state index is 12.7. The van der Waals surface area contributed by atoms with Crippen LogP contribution in [0.1, 0.15) is 19.4 Å². The van der Waals surface area contributed by atoms with E-state index in [2.05, 4.69) is 5.32 Å². The highest BCUT2D eigenvalue weighted by Crippen LogP contribution is 2.34. The van der Waals surface area contributed by atoms with Gasteiger partial charge in [-0.2, -0.15) is 13.2 Å². The fourth-order valence-corrected chi connectivity index (χ4v) is 1.24. The highest BCUT2D eigenvalue weighted by molar-refractivity contribution is 5.85. The number of ether oxygens (including phenoxy) is 1. The monoisotopic (exact) mass is 276 g/mol. The molecule has 0 aliphatic rings. The van der Waals surface area contributed by atoms with Gasteiger partial charge in [-0.15, -0.1) is 0 Å². The van der Waals surface area contributed by atoms with Crippen LogP contribution in [0.25, 0.3) is 0 Å². The molecule has 0 aliphatic carbocycles. The predicted molar refractivity (Wildman–Crippen MR) is 64.7 cm³/mol. The summed E-state index contributed by atoms with van der Waals surface area (Å²) in [5, 5.41) is 2.05. The third kappa shape index (κ3) is 5.17. The predicted octanol–water partition coefficient (Wildman–Crippen LogP) is 2.99. The van der Waals surface area contributed by atoms with E-state index in [4.69, 9.17) is 10.5 Å². The van der Waals surface area contributed by atoms with Crippen molar-refractivity contribution in [3.8, 4) is 0 Å². The van der Waals surface area contributed by atoms with Crippen LogP contribution in [0.2, 0.25) is 0 Å². The maximum atomic E-state index is 12.7. The molecular weight excluding hydrogens is 261 g/mol. The average Bonchev–Trinajstić information content (AvgIpc) is 2.25. The van der Waals surface area contributed by atoms with Gasteiger partial charge in [-0.25, -0.2) is 4.79 Å². The third-order valence-corrected chi connectivity index (χ3v) is 2.04. The van der Waals surface area contributed by atoms with Gasteiger partial charge in [-0.3, -0.25) is 5.32 Å². The van der Waals surface area contributed by atoms with Gasteiger partial charge in [0.2, 0.25) is 0 Å². The minimum atomic E-state index is -4.54. The summed E-state index contributed by atoms with van der Waals surface area (Å²) >= 11 is 0. The number of benzene rings is 1. The number of amides is 1. The van der Waals surface area contributed by atoms with Gasteiger partial charge in [-0.05, 0) is 26.0 Å². The molecule has 0 spiro atoms. The molecule has 19 heavy (non-hydrogen) atoms. The van der Waals surface area contributed by atoms with Crippen LogP contribution < -0.4 is 11.1 Å². The zero-order valence-electron chi connectivity index (χ0n) is 10.5. The maximum Gasteiger partial charge on any atom is 0.418 e. The fourth-order valence-electron chi connectivity index (χ4n) is 1.24. The van der Waals surface area contributed by atoms with E-state index in [1.807, 2.05) is 0 Å². The number of hydrogen-bond acceptors (Lipinski definition) is 3. The first-order valence-corrected chi connectivity index (χ1v) is 5.48. The zero-order valence-corrected chi connectivity index (χ0v) is 10.5. The summed E-state index contributed by atoms with van der Waals surface area (Å²) in [4.78, 5) is 11.4. The number of nitrogens with two attached hydrogens (primary N) is 1. The summed E-state index contributed by atoms with van der Waals surface area (Å²) < 4.78 is 42.7. The second-order valence-electron chi connectivity index (χ2n) is 4.73. The Balaban J connectivity index is 2.75. The van der Waals surface area contributed by atoms with Crippen molar-refractivity contribution in [2.45, 2.75) is 25.6 Å². The lowest BCUT2D eigenvalue weighted by Crippen LogP contribution is -2.39. The van der Waals surface area contributed by atoms with Crippen LogP contribution in [0.15, 0.2) is 24.3 Å². The van der Waals surface area contributed by atoms with Crippen LogP contribution in [-0.4, -0.2) is 18.2 Å². The van der Waals surface area contributed by atoms with Crippen LogP contribution in [0.5, 0.6) is 0 Å². The molecule has 1 aromatic rings. The average molecular weight is 276 g/mol. The van der Waals surface area contributed by atoms with Crippen LogP contribution >= 0.6 is 0 Å². The van der Waals surface area contributed by atoms with Gasteiger partial charge in [0, 0.05) is 5.54 Å². The summed E-state index contributed by atoms with van der Waals surface area (Å²) in [6.07, 6.45) is -5.52. The van der Waals surface area contributed by atoms with Crippen LogP contribution in [0.3, 0.4) is 0 Å².